The number of carbonyl (C=O) groups is 1. The molecule has 1 heterocycles. The van der Waals surface area contributed by atoms with E-state index in [1.165, 1.54) is 33.0 Å². The minimum Gasteiger partial charge on any atom is -0.495 e. The van der Waals surface area contributed by atoms with E-state index in [4.69, 9.17) is 29.4 Å². The molecule has 0 saturated heterocycles. The number of pyridine rings is 1. The lowest BCUT2D eigenvalue weighted by molar-refractivity contribution is 0.0591. The van der Waals surface area contributed by atoms with Gasteiger partial charge < -0.3 is 29.4 Å². The summed E-state index contributed by atoms with van der Waals surface area (Å²) in [7, 11) is 5.82. The first-order valence-electron chi connectivity index (χ1n) is 13.1. The Morgan fingerprint density at radius 1 is 0.795 bits per heavy atom. The van der Waals surface area contributed by atoms with E-state index in [9.17, 15) is 9.59 Å². The van der Waals surface area contributed by atoms with Crippen molar-refractivity contribution >= 4 is 50.8 Å². The Labute approximate surface area is 268 Å². The molecule has 0 atom stereocenters. The largest absolute Gasteiger partial charge is 0.495 e. The lowest BCUT2D eigenvalue weighted by Gasteiger charge is -2.21. The Hall–Kier alpha value is -4.67. The summed E-state index contributed by atoms with van der Waals surface area (Å²) in [6, 6.07) is 23.1. The smallest absolute Gasteiger partial charge is 0.355 e. The third kappa shape index (κ3) is 6.04. The molecule has 0 saturated carbocycles. The number of nitrogen functional groups attached to an aromatic ring is 1. The van der Waals surface area contributed by atoms with E-state index in [2.05, 4.69) is 15.9 Å². The highest BCUT2D eigenvalue weighted by Gasteiger charge is 2.28. The van der Waals surface area contributed by atoms with Crippen LogP contribution in [0.1, 0.15) is 16.1 Å². The molecule has 0 bridgehead atoms. The van der Waals surface area contributed by atoms with Crippen LogP contribution in [0.4, 0.5) is 5.69 Å². The van der Waals surface area contributed by atoms with Crippen LogP contribution >= 0.6 is 28.3 Å². The number of rotatable bonds is 9. The zero-order valence-corrected chi connectivity index (χ0v) is 26.8. The number of methoxy groups -OCH3 is 4. The number of esters is 1. The molecule has 5 aromatic rings. The molecule has 0 fully saturated rings. The van der Waals surface area contributed by atoms with E-state index in [1.54, 1.807) is 48.5 Å². The van der Waals surface area contributed by atoms with Gasteiger partial charge in [-0.2, -0.15) is 0 Å². The first-order chi connectivity index (χ1) is 20.8. The summed E-state index contributed by atoms with van der Waals surface area (Å²) >= 11 is 3.51. The third-order valence-corrected chi connectivity index (χ3v) is 7.75. The number of aromatic nitrogens is 1. The Morgan fingerprint density at radius 3 is 1.95 bits per heavy atom. The number of halogens is 2. The molecule has 0 aliphatic rings. The van der Waals surface area contributed by atoms with Crippen molar-refractivity contribution in [3.63, 3.8) is 0 Å². The molecule has 5 rings (SSSR count). The van der Waals surface area contributed by atoms with Crippen LogP contribution in [0.15, 0.2) is 88.1 Å². The molecule has 0 unspecified atom stereocenters. The predicted octanol–water partition coefficient (Wildman–Crippen LogP) is 6.82. The zero-order valence-electron chi connectivity index (χ0n) is 24.4. The quantitative estimate of drug-likeness (QED) is 0.133. The second-order valence-corrected chi connectivity index (χ2v) is 10.3. The number of hydrogen-bond donors (Lipinski definition) is 1. The Morgan fingerprint density at radius 2 is 1.39 bits per heavy atom. The monoisotopic (exact) mass is 680 g/mol. The fourth-order valence-corrected chi connectivity index (χ4v) is 5.43. The van der Waals surface area contributed by atoms with Crippen molar-refractivity contribution < 1.29 is 28.5 Å². The number of nitrogens with two attached hydrogens (primary N) is 1. The van der Waals surface area contributed by atoms with Crippen molar-refractivity contribution in [2.75, 3.05) is 34.2 Å². The minimum absolute atomic E-state index is 0. The molecule has 228 valence electrons. The standard InChI is InChI=1S/C33H29BrN2O7.ClH/c1-39-25-16-23-24(17-26(25)43-18-19-8-6-5-7-9-19)32(37)36(22-12-10-21(35)11-13-22)31(33(38)42-4)29(23)20-14-27(40-2)30(34)28(15-20)41-3;/h5-17H,18,35H2,1-4H3;1H. The van der Waals surface area contributed by atoms with Gasteiger partial charge in [-0.3, -0.25) is 9.36 Å². The highest BCUT2D eigenvalue weighted by atomic mass is 79.9. The summed E-state index contributed by atoms with van der Waals surface area (Å²) < 4.78 is 30.2. The topological polar surface area (TPSA) is 111 Å². The second kappa shape index (κ2) is 13.7. The van der Waals surface area contributed by atoms with Gasteiger partial charge in [0.25, 0.3) is 5.56 Å². The van der Waals surface area contributed by atoms with Crippen LogP contribution in [0.25, 0.3) is 27.6 Å². The van der Waals surface area contributed by atoms with Crippen LogP contribution in [0.2, 0.25) is 0 Å². The van der Waals surface area contributed by atoms with Crippen molar-refractivity contribution in [1.29, 1.82) is 0 Å². The summed E-state index contributed by atoms with van der Waals surface area (Å²) in [4.78, 5) is 27.9. The Balaban J connectivity index is 0.00000442. The van der Waals surface area contributed by atoms with Gasteiger partial charge >= 0.3 is 5.97 Å². The van der Waals surface area contributed by atoms with Crippen molar-refractivity contribution in [3.8, 4) is 39.8 Å². The van der Waals surface area contributed by atoms with Crippen molar-refractivity contribution in [2.45, 2.75) is 6.61 Å². The number of anilines is 1. The summed E-state index contributed by atoms with van der Waals surface area (Å²) in [5.74, 6) is 0.926. The zero-order chi connectivity index (χ0) is 30.7. The fraction of sp³-hybridized carbons (Fsp3) is 0.152. The fourth-order valence-electron chi connectivity index (χ4n) is 4.88. The molecule has 0 spiro atoms. The molecule has 0 amide bonds. The Bertz CT molecular complexity index is 1850. The molecule has 0 radical (unpaired) electrons. The van der Waals surface area contributed by atoms with E-state index in [1.807, 2.05) is 30.3 Å². The van der Waals surface area contributed by atoms with Gasteiger partial charge in [0.2, 0.25) is 0 Å². The average molecular weight is 682 g/mol. The maximum absolute atomic E-state index is 14.3. The lowest BCUT2D eigenvalue weighted by Crippen LogP contribution is -2.27. The van der Waals surface area contributed by atoms with Gasteiger partial charge in [0.1, 0.15) is 28.3 Å². The Kier molecular flexibility index (Phi) is 10.1. The number of fused-ring (bicyclic) bond motifs is 1. The number of benzene rings is 4. The highest BCUT2D eigenvalue weighted by Crippen LogP contribution is 2.44. The SMILES string of the molecule is COC(=O)c1c(-c2cc(OC)c(Br)c(OC)c2)c2cc(OC)c(OCc3ccccc3)cc2c(=O)n1-c1ccc(N)cc1.Cl. The second-order valence-electron chi connectivity index (χ2n) is 9.46. The van der Waals surface area contributed by atoms with Gasteiger partial charge in [0.15, 0.2) is 11.5 Å². The van der Waals surface area contributed by atoms with E-state index in [-0.39, 0.29) is 30.1 Å². The molecule has 44 heavy (non-hydrogen) atoms. The maximum Gasteiger partial charge on any atom is 0.355 e. The van der Waals surface area contributed by atoms with Gasteiger partial charge in [0, 0.05) is 22.3 Å². The van der Waals surface area contributed by atoms with Crippen molar-refractivity contribution in [2.24, 2.45) is 0 Å². The van der Waals surface area contributed by atoms with Gasteiger partial charge in [-0.25, -0.2) is 4.79 Å². The molecule has 11 heteroatoms. The molecular weight excluding hydrogens is 652 g/mol. The molecule has 4 aromatic carbocycles. The predicted molar refractivity (Wildman–Crippen MR) is 176 cm³/mol. The third-order valence-electron chi connectivity index (χ3n) is 6.97. The molecule has 0 aliphatic carbocycles. The number of ether oxygens (including phenoxy) is 5. The average Bonchev–Trinajstić information content (AvgIpc) is 3.04. The van der Waals surface area contributed by atoms with Crippen molar-refractivity contribution in [3.05, 3.63) is 105 Å². The summed E-state index contributed by atoms with van der Waals surface area (Å²) in [5, 5.41) is 0.719. The number of nitrogens with zero attached hydrogens (tertiary/aromatic N) is 1. The molecular formula is C33H30BrClN2O7. The van der Waals surface area contributed by atoms with E-state index in [0.29, 0.717) is 55.4 Å². The summed E-state index contributed by atoms with van der Waals surface area (Å²) in [6.07, 6.45) is 0. The van der Waals surface area contributed by atoms with Gasteiger partial charge in [0.05, 0.1) is 33.8 Å². The maximum atomic E-state index is 14.3. The van der Waals surface area contributed by atoms with E-state index >= 15 is 0 Å². The number of hydrogen-bond acceptors (Lipinski definition) is 8. The van der Waals surface area contributed by atoms with Crippen LogP contribution < -0.4 is 30.2 Å². The van der Waals surface area contributed by atoms with E-state index in [0.717, 1.165) is 5.56 Å². The van der Waals surface area contributed by atoms with Crippen LogP contribution in [0.3, 0.4) is 0 Å². The van der Waals surface area contributed by atoms with Gasteiger partial charge in [-0.15, -0.1) is 12.4 Å². The summed E-state index contributed by atoms with van der Waals surface area (Å²) in [6.45, 7) is 0.253. The van der Waals surface area contributed by atoms with Crippen LogP contribution in [-0.4, -0.2) is 39.0 Å². The van der Waals surface area contributed by atoms with Crippen LogP contribution in [0.5, 0.6) is 23.0 Å². The first kappa shape index (κ1) is 32.2. The van der Waals surface area contributed by atoms with Crippen molar-refractivity contribution in [1.82, 2.24) is 4.57 Å². The lowest BCUT2D eigenvalue weighted by atomic mass is 9.95. The number of carbonyl (C=O) groups excluding carboxylic acids is 1. The van der Waals surface area contributed by atoms with E-state index < -0.39 is 11.5 Å². The first-order valence-corrected chi connectivity index (χ1v) is 13.9. The molecule has 0 aliphatic heterocycles. The van der Waals surface area contributed by atoms with Crippen LogP contribution in [0, 0.1) is 0 Å². The highest BCUT2D eigenvalue weighted by molar-refractivity contribution is 9.10. The van der Waals surface area contributed by atoms with Gasteiger partial charge in [-0.1, -0.05) is 30.3 Å². The minimum atomic E-state index is -0.727. The summed E-state index contributed by atoms with van der Waals surface area (Å²) in [5.41, 5.74) is 8.27. The molecule has 2 N–H and O–H groups in total. The van der Waals surface area contributed by atoms with Crippen LogP contribution in [-0.2, 0) is 11.3 Å². The van der Waals surface area contributed by atoms with Gasteiger partial charge in [-0.05, 0) is 75.6 Å². The molecule has 9 nitrogen and oxygen atoms in total. The normalized spacial score (nSPS) is 10.6. The molecule has 1 aromatic heterocycles.